The van der Waals surface area contributed by atoms with Crippen LogP contribution in [0.15, 0.2) is 48.7 Å². The molecule has 1 aliphatic rings. The largest absolute Gasteiger partial charge is 0.357 e. The van der Waals surface area contributed by atoms with Gasteiger partial charge in [0.05, 0.1) is 0 Å². The summed E-state index contributed by atoms with van der Waals surface area (Å²) in [5.74, 6) is 0.710. The number of aromatic amines is 1. The van der Waals surface area contributed by atoms with E-state index in [2.05, 4.69) is 35.3 Å². The number of benzene rings is 1. The fourth-order valence-electron chi connectivity index (χ4n) is 2.99. The minimum Gasteiger partial charge on any atom is -0.357 e. The third kappa shape index (κ3) is 2.77. The third-order valence-electron chi connectivity index (χ3n) is 4.11. The van der Waals surface area contributed by atoms with Crippen molar-refractivity contribution in [3.63, 3.8) is 0 Å². The second-order valence-electron chi connectivity index (χ2n) is 5.41. The Bertz CT molecular complexity index is 548. The highest BCUT2D eigenvalue weighted by Gasteiger charge is 2.22. The average molecular weight is 268 g/mol. The maximum absolute atomic E-state index is 12.4. The van der Waals surface area contributed by atoms with Gasteiger partial charge in [0.15, 0.2) is 0 Å². The lowest BCUT2D eigenvalue weighted by molar-refractivity contribution is 0.0756. The van der Waals surface area contributed by atoms with Gasteiger partial charge < -0.3 is 9.88 Å². The van der Waals surface area contributed by atoms with Crippen molar-refractivity contribution in [2.24, 2.45) is 0 Å². The summed E-state index contributed by atoms with van der Waals surface area (Å²) in [6, 6.07) is 14.4. The molecule has 1 fully saturated rings. The summed E-state index contributed by atoms with van der Waals surface area (Å²) in [5, 5.41) is 0. The number of likely N-dealkylation sites (tertiary alicyclic amines) is 1. The molecule has 0 bridgehead atoms. The second kappa shape index (κ2) is 5.95. The van der Waals surface area contributed by atoms with Crippen molar-refractivity contribution < 1.29 is 4.79 Å². The van der Waals surface area contributed by atoms with E-state index in [-0.39, 0.29) is 5.91 Å². The first-order chi connectivity index (χ1) is 9.84. The van der Waals surface area contributed by atoms with Crippen molar-refractivity contribution in [2.45, 2.75) is 25.2 Å². The molecule has 1 aliphatic heterocycles. The Morgan fingerprint density at radius 1 is 1.05 bits per heavy atom. The first kappa shape index (κ1) is 13.0. The summed E-state index contributed by atoms with van der Waals surface area (Å²) in [6.07, 6.45) is 5.10. The van der Waals surface area contributed by atoms with Crippen molar-refractivity contribution >= 4 is 5.91 Å². The molecule has 1 unspecified atom stereocenters. The normalized spacial score (nSPS) is 19.6. The average Bonchev–Trinajstić information content (AvgIpc) is 2.92. The number of hydrogen-bond donors (Lipinski definition) is 1. The molecule has 1 N–H and O–H groups in total. The molecule has 104 valence electrons. The zero-order chi connectivity index (χ0) is 13.8. The van der Waals surface area contributed by atoms with E-state index < -0.39 is 0 Å². The fraction of sp³-hybridized carbons (Fsp3) is 0.353. The number of rotatable bonds is 2. The quantitative estimate of drug-likeness (QED) is 0.890. The zero-order valence-corrected chi connectivity index (χ0v) is 11.6. The van der Waals surface area contributed by atoms with Crippen molar-refractivity contribution in [3.8, 4) is 0 Å². The summed E-state index contributed by atoms with van der Waals surface area (Å²) >= 11 is 0. The minimum atomic E-state index is 0.128. The molecule has 1 aromatic heterocycles. The molecule has 20 heavy (non-hydrogen) atoms. The molecule has 3 nitrogen and oxygen atoms in total. The molecule has 0 spiro atoms. The molecule has 1 saturated heterocycles. The van der Waals surface area contributed by atoms with Gasteiger partial charge in [-0.05, 0) is 42.9 Å². The van der Waals surface area contributed by atoms with E-state index in [9.17, 15) is 4.79 Å². The Balaban J connectivity index is 1.67. The van der Waals surface area contributed by atoms with E-state index in [4.69, 9.17) is 0 Å². The molecule has 2 aromatic rings. The van der Waals surface area contributed by atoms with Gasteiger partial charge in [0, 0.05) is 19.3 Å². The summed E-state index contributed by atoms with van der Waals surface area (Å²) in [4.78, 5) is 17.3. The Morgan fingerprint density at radius 3 is 2.65 bits per heavy atom. The number of hydrogen-bond acceptors (Lipinski definition) is 1. The minimum absolute atomic E-state index is 0.128. The first-order valence-electron chi connectivity index (χ1n) is 7.32. The third-order valence-corrected chi connectivity index (χ3v) is 4.11. The monoisotopic (exact) mass is 268 g/mol. The molecular weight excluding hydrogens is 248 g/mol. The topological polar surface area (TPSA) is 36.1 Å². The van der Waals surface area contributed by atoms with Crippen LogP contribution in [-0.4, -0.2) is 28.9 Å². The van der Waals surface area contributed by atoms with E-state index in [1.165, 1.54) is 12.0 Å². The number of H-pyrrole nitrogens is 1. The van der Waals surface area contributed by atoms with Gasteiger partial charge in [0.25, 0.3) is 5.91 Å². The van der Waals surface area contributed by atoms with E-state index in [0.717, 1.165) is 25.9 Å². The Kier molecular flexibility index (Phi) is 3.86. The van der Waals surface area contributed by atoms with Gasteiger partial charge in [-0.25, -0.2) is 0 Å². The highest BCUT2D eigenvalue weighted by molar-refractivity contribution is 5.92. The molecule has 0 saturated carbocycles. The second-order valence-corrected chi connectivity index (χ2v) is 5.41. The van der Waals surface area contributed by atoms with Crippen molar-refractivity contribution in [3.05, 3.63) is 59.9 Å². The molecule has 1 aromatic carbocycles. The number of nitrogens with one attached hydrogen (secondary N) is 1. The van der Waals surface area contributed by atoms with Crippen LogP contribution in [0.1, 0.15) is 41.2 Å². The summed E-state index contributed by atoms with van der Waals surface area (Å²) in [5.41, 5.74) is 2.10. The van der Waals surface area contributed by atoms with Gasteiger partial charge in [0.2, 0.25) is 0 Å². The van der Waals surface area contributed by atoms with Gasteiger partial charge >= 0.3 is 0 Å². The fourth-order valence-corrected chi connectivity index (χ4v) is 2.99. The van der Waals surface area contributed by atoms with Crippen LogP contribution in [0.3, 0.4) is 0 Å². The molecule has 3 heteroatoms. The molecule has 1 atom stereocenters. The van der Waals surface area contributed by atoms with Crippen LogP contribution >= 0.6 is 0 Å². The summed E-state index contributed by atoms with van der Waals surface area (Å²) in [6.45, 7) is 1.71. The highest BCUT2D eigenvalue weighted by Crippen LogP contribution is 2.28. The van der Waals surface area contributed by atoms with Crippen molar-refractivity contribution in [1.82, 2.24) is 9.88 Å². The molecule has 1 amide bonds. The lowest BCUT2D eigenvalue weighted by Gasteiger charge is -2.20. The number of carbonyl (C=O) groups excluding carboxylic acids is 1. The Labute approximate surface area is 119 Å². The van der Waals surface area contributed by atoms with Crippen molar-refractivity contribution in [2.75, 3.05) is 13.1 Å². The number of amides is 1. The van der Waals surface area contributed by atoms with Gasteiger partial charge in [-0.1, -0.05) is 30.3 Å². The standard InChI is InChI=1S/C17H20N2O/c20-17(16-9-4-11-18-16)19-12-5-8-15(10-13-19)14-6-2-1-3-7-14/h1-4,6-7,9,11,15,18H,5,8,10,12-13H2. The molecule has 0 aliphatic carbocycles. The lowest BCUT2D eigenvalue weighted by atomic mass is 9.92. The zero-order valence-electron chi connectivity index (χ0n) is 11.6. The molecule has 0 radical (unpaired) electrons. The number of nitrogens with zero attached hydrogens (tertiary/aromatic N) is 1. The summed E-state index contributed by atoms with van der Waals surface area (Å²) < 4.78 is 0. The van der Waals surface area contributed by atoms with Crippen LogP contribution in [-0.2, 0) is 0 Å². The van der Waals surface area contributed by atoms with Crippen molar-refractivity contribution in [1.29, 1.82) is 0 Å². The molecule has 3 rings (SSSR count). The summed E-state index contributed by atoms with van der Waals surface area (Å²) in [7, 11) is 0. The van der Waals surface area contributed by atoms with Crippen LogP contribution in [0.25, 0.3) is 0 Å². The van der Waals surface area contributed by atoms with E-state index in [1.54, 1.807) is 6.20 Å². The van der Waals surface area contributed by atoms with E-state index >= 15 is 0 Å². The van der Waals surface area contributed by atoms with E-state index in [1.807, 2.05) is 17.0 Å². The molecule has 2 heterocycles. The number of aromatic nitrogens is 1. The maximum Gasteiger partial charge on any atom is 0.270 e. The Hall–Kier alpha value is -2.03. The van der Waals surface area contributed by atoms with Crippen LogP contribution in [0, 0.1) is 0 Å². The van der Waals surface area contributed by atoms with Gasteiger partial charge in [0.1, 0.15) is 5.69 Å². The Morgan fingerprint density at radius 2 is 1.90 bits per heavy atom. The van der Waals surface area contributed by atoms with Crippen LogP contribution in [0.5, 0.6) is 0 Å². The highest BCUT2D eigenvalue weighted by atomic mass is 16.2. The van der Waals surface area contributed by atoms with Gasteiger partial charge in [-0.3, -0.25) is 4.79 Å². The van der Waals surface area contributed by atoms with Crippen LogP contribution < -0.4 is 0 Å². The first-order valence-corrected chi connectivity index (χ1v) is 7.32. The van der Waals surface area contributed by atoms with E-state index in [0.29, 0.717) is 11.6 Å². The predicted molar refractivity (Wildman–Crippen MR) is 79.7 cm³/mol. The van der Waals surface area contributed by atoms with Gasteiger partial charge in [-0.2, -0.15) is 0 Å². The van der Waals surface area contributed by atoms with Crippen LogP contribution in [0.2, 0.25) is 0 Å². The van der Waals surface area contributed by atoms with Crippen LogP contribution in [0.4, 0.5) is 0 Å². The number of carbonyl (C=O) groups is 1. The smallest absolute Gasteiger partial charge is 0.270 e. The SMILES string of the molecule is O=C(c1ccc[nH]1)N1CCCC(c2ccccc2)CC1. The predicted octanol–water partition coefficient (Wildman–Crippen LogP) is 3.42. The lowest BCUT2D eigenvalue weighted by Crippen LogP contribution is -2.32. The van der Waals surface area contributed by atoms with Gasteiger partial charge in [-0.15, -0.1) is 0 Å². The molecular formula is C17H20N2O. The maximum atomic E-state index is 12.4.